The zero-order valence-corrected chi connectivity index (χ0v) is 11.9. The Labute approximate surface area is 115 Å². The second-order valence-electron chi connectivity index (χ2n) is 3.83. The Kier molecular flexibility index (Phi) is 6.85. The van der Waals surface area contributed by atoms with Crippen LogP contribution in [0.4, 0.5) is 5.69 Å². The van der Waals surface area contributed by atoms with E-state index in [2.05, 4.69) is 28.2 Å². The van der Waals surface area contributed by atoms with Crippen molar-refractivity contribution >= 4 is 21.6 Å². The molecule has 1 aromatic carbocycles. The first kappa shape index (κ1) is 15.1. The van der Waals surface area contributed by atoms with Crippen molar-refractivity contribution in [2.75, 3.05) is 19.7 Å². The SMILES string of the molecule is CCCNCCOCc1ccc(Br)cc1[N+](=O)[O-]. The minimum atomic E-state index is -0.390. The Hall–Kier alpha value is -0.980. The number of ether oxygens (including phenoxy) is 1. The van der Waals surface area contributed by atoms with E-state index in [0.717, 1.165) is 19.5 Å². The summed E-state index contributed by atoms with van der Waals surface area (Å²) in [5, 5.41) is 14.1. The van der Waals surface area contributed by atoms with Gasteiger partial charge >= 0.3 is 0 Å². The summed E-state index contributed by atoms with van der Waals surface area (Å²) in [6.07, 6.45) is 1.08. The Morgan fingerprint density at radius 3 is 2.89 bits per heavy atom. The molecule has 0 heterocycles. The van der Waals surface area contributed by atoms with Crippen LogP contribution in [0.3, 0.4) is 0 Å². The summed E-state index contributed by atoms with van der Waals surface area (Å²) >= 11 is 3.22. The first-order valence-electron chi connectivity index (χ1n) is 5.86. The van der Waals surface area contributed by atoms with E-state index < -0.39 is 4.92 Å². The van der Waals surface area contributed by atoms with E-state index in [9.17, 15) is 10.1 Å². The molecular formula is C12H17BrN2O3. The van der Waals surface area contributed by atoms with Gasteiger partial charge in [0.05, 0.1) is 23.7 Å². The zero-order valence-electron chi connectivity index (χ0n) is 10.3. The molecule has 0 bridgehead atoms. The molecule has 0 atom stereocenters. The number of benzene rings is 1. The minimum Gasteiger partial charge on any atom is -0.375 e. The number of halogens is 1. The van der Waals surface area contributed by atoms with Crippen LogP contribution in [-0.4, -0.2) is 24.6 Å². The number of nitrogens with one attached hydrogen (secondary N) is 1. The average Bonchev–Trinajstić information content (AvgIpc) is 2.35. The molecule has 0 unspecified atom stereocenters. The lowest BCUT2D eigenvalue weighted by Crippen LogP contribution is -2.20. The van der Waals surface area contributed by atoms with E-state index in [1.54, 1.807) is 12.1 Å². The Morgan fingerprint density at radius 1 is 1.44 bits per heavy atom. The predicted molar refractivity (Wildman–Crippen MR) is 73.6 cm³/mol. The van der Waals surface area contributed by atoms with Gasteiger partial charge in [0, 0.05) is 17.1 Å². The summed E-state index contributed by atoms with van der Waals surface area (Å²) in [6, 6.07) is 4.98. The molecule has 18 heavy (non-hydrogen) atoms. The summed E-state index contributed by atoms with van der Waals surface area (Å²) < 4.78 is 6.11. The Bertz CT molecular complexity index is 399. The smallest absolute Gasteiger partial charge is 0.276 e. The van der Waals surface area contributed by atoms with Gasteiger partial charge in [-0.25, -0.2) is 0 Å². The van der Waals surface area contributed by atoms with Crippen LogP contribution in [-0.2, 0) is 11.3 Å². The van der Waals surface area contributed by atoms with E-state index in [0.29, 0.717) is 16.6 Å². The fraction of sp³-hybridized carbons (Fsp3) is 0.500. The third kappa shape index (κ3) is 5.12. The molecule has 0 spiro atoms. The fourth-order valence-corrected chi connectivity index (χ4v) is 1.81. The molecule has 0 aliphatic heterocycles. The second kappa shape index (κ2) is 8.18. The standard InChI is InChI=1S/C12H17BrN2O3/c1-2-5-14-6-7-18-9-10-3-4-11(13)8-12(10)15(16)17/h3-4,8,14H,2,5-7,9H2,1H3. The van der Waals surface area contributed by atoms with Gasteiger partial charge in [0.15, 0.2) is 0 Å². The molecule has 1 aromatic rings. The van der Waals surface area contributed by atoms with Gasteiger partial charge in [-0.15, -0.1) is 0 Å². The van der Waals surface area contributed by atoms with Gasteiger partial charge in [-0.05, 0) is 25.1 Å². The average molecular weight is 317 g/mol. The first-order chi connectivity index (χ1) is 8.65. The highest BCUT2D eigenvalue weighted by molar-refractivity contribution is 9.10. The summed E-state index contributed by atoms with van der Waals surface area (Å²) in [7, 11) is 0. The number of nitro benzene ring substituents is 1. The maximum Gasteiger partial charge on any atom is 0.276 e. The van der Waals surface area contributed by atoms with Crippen LogP contribution >= 0.6 is 15.9 Å². The van der Waals surface area contributed by atoms with Crippen molar-refractivity contribution < 1.29 is 9.66 Å². The molecule has 100 valence electrons. The van der Waals surface area contributed by atoms with Crippen molar-refractivity contribution in [3.05, 3.63) is 38.3 Å². The third-order valence-electron chi connectivity index (χ3n) is 2.35. The summed E-state index contributed by atoms with van der Waals surface area (Å²) in [4.78, 5) is 10.5. The molecule has 0 saturated carbocycles. The maximum absolute atomic E-state index is 10.9. The lowest BCUT2D eigenvalue weighted by Gasteiger charge is -2.06. The monoisotopic (exact) mass is 316 g/mol. The minimum absolute atomic E-state index is 0.0888. The van der Waals surface area contributed by atoms with Gasteiger partial charge in [0.2, 0.25) is 0 Å². The van der Waals surface area contributed by atoms with Crippen LogP contribution < -0.4 is 5.32 Å². The molecular weight excluding hydrogens is 300 g/mol. The molecule has 0 saturated heterocycles. The molecule has 0 amide bonds. The summed E-state index contributed by atoms with van der Waals surface area (Å²) in [6.45, 7) is 4.63. The van der Waals surface area contributed by atoms with Gasteiger partial charge in [-0.1, -0.05) is 22.9 Å². The van der Waals surface area contributed by atoms with Crippen LogP contribution in [0.5, 0.6) is 0 Å². The highest BCUT2D eigenvalue weighted by atomic mass is 79.9. The highest BCUT2D eigenvalue weighted by Gasteiger charge is 2.13. The lowest BCUT2D eigenvalue weighted by molar-refractivity contribution is -0.386. The first-order valence-corrected chi connectivity index (χ1v) is 6.65. The molecule has 1 N–H and O–H groups in total. The number of nitrogens with zero attached hydrogens (tertiary/aromatic N) is 1. The van der Waals surface area contributed by atoms with E-state index in [4.69, 9.17) is 4.74 Å². The number of hydrogen-bond acceptors (Lipinski definition) is 4. The number of hydrogen-bond donors (Lipinski definition) is 1. The topological polar surface area (TPSA) is 64.4 Å². The zero-order chi connectivity index (χ0) is 13.4. The summed E-state index contributed by atoms with van der Waals surface area (Å²) in [5.74, 6) is 0. The van der Waals surface area contributed by atoms with Crippen LogP contribution in [0, 0.1) is 10.1 Å². The van der Waals surface area contributed by atoms with Crippen LogP contribution in [0.1, 0.15) is 18.9 Å². The molecule has 5 nitrogen and oxygen atoms in total. The molecule has 0 radical (unpaired) electrons. The Balaban J connectivity index is 2.44. The number of nitro groups is 1. The van der Waals surface area contributed by atoms with Crippen molar-refractivity contribution in [2.45, 2.75) is 20.0 Å². The molecule has 1 rings (SSSR count). The molecule has 6 heteroatoms. The van der Waals surface area contributed by atoms with Crippen LogP contribution in [0.2, 0.25) is 0 Å². The van der Waals surface area contributed by atoms with Crippen LogP contribution in [0.25, 0.3) is 0 Å². The van der Waals surface area contributed by atoms with Crippen LogP contribution in [0.15, 0.2) is 22.7 Å². The molecule has 0 aliphatic carbocycles. The lowest BCUT2D eigenvalue weighted by atomic mass is 10.2. The quantitative estimate of drug-likeness (QED) is 0.455. The van der Waals surface area contributed by atoms with Gasteiger partial charge in [0.25, 0.3) is 5.69 Å². The van der Waals surface area contributed by atoms with Crippen molar-refractivity contribution in [3.63, 3.8) is 0 Å². The largest absolute Gasteiger partial charge is 0.375 e. The van der Waals surface area contributed by atoms with Crippen molar-refractivity contribution in [1.82, 2.24) is 5.32 Å². The van der Waals surface area contributed by atoms with E-state index in [1.165, 1.54) is 6.07 Å². The van der Waals surface area contributed by atoms with Crippen molar-refractivity contribution in [2.24, 2.45) is 0 Å². The maximum atomic E-state index is 10.9. The fourth-order valence-electron chi connectivity index (χ4n) is 1.46. The van der Waals surface area contributed by atoms with Gasteiger partial charge < -0.3 is 10.1 Å². The van der Waals surface area contributed by atoms with Crippen molar-refractivity contribution in [3.8, 4) is 0 Å². The normalized spacial score (nSPS) is 10.6. The molecule has 0 fully saturated rings. The molecule has 0 aliphatic rings. The highest BCUT2D eigenvalue weighted by Crippen LogP contribution is 2.23. The van der Waals surface area contributed by atoms with E-state index in [1.807, 2.05) is 0 Å². The van der Waals surface area contributed by atoms with E-state index >= 15 is 0 Å². The second-order valence-corrected chi connectivity index (χ2v) is 4.75. The summed E-state index contributed by atoms with van der Waals surface area (Å²) in [5.41, 5.74) is 0.685. The van der Waals surface area contributed by atoms with Gasteiger partial charge in [-0.2, -0.15) is 0 Å². The van der Waals surface area contributed by atoms with Gasteiger partial charge in [-0.3, -0.25) is 10.1 Å². The molecule has 0 aromatic heterocycles. The van der Waals surface area contributed by atoms with E-state index in [-0.39, 0.29) is 12.3 Å². The van der Waals surface area contributed by atoms with Crippen molar-refractivity contribution in [1.29, 1.82) is 0 Å². The number of rotatable bonds is 8. The predicted octanol–water partition coefficient (Wildman–Crippen LogP) is 2.87. The third-order valence-corrected chi connectivity index (χ3v) is 2.84. The van der Waals surface area contributed by atoms with Gasteiger partial charge in [0.1, 0.15) is 0 Å². The Morgan fingerprint density at radius 2 is 2.22 bits per heavy atom.